The van der Waals surface area contributed by atoms with Crippen molar-refractivity contribution in [2.45, 2.75) is 27.2 Å². The molecule has 2 rings (SSSR count). The minimum absolute atomic E-state index is 0.0255. The number of hydrogen-bond donors (Lipinski definition) is 0. The summed E-state index contributed by atoms with van der Waals surface area (Å²) in [7, 11) is 0. The molecule has 90 valence electrons. The van der Waals surface area contributed by atoms with Crippen molar-refractivity contribution in [2.24, 2.45) is 4.99 Å². The Hall–Kier alpha value is -1.75. The molecule has 1 aliphatic heterocycles. The highest BCUT2D eigenvalue weighted by Gasteiger charge is 2.42. The quantitative estimate of drug-likeness (QED) is 0.736. The van der Waals surface area contributed by atoms with E-state index in [2.05, 4.69) is 16.9 Å². The second-order valence-electron chi connectivity index (χ2n) is 4.26. The molecule has 17 heavy (non-hydrogen) atoms. The fraction of sp³-hybridized carbons (Fsp3) is 0.417. The van der Waals surface area contributed by atoms with Crippen LogP contribution in [-0.4, -0.2) is 32.9 Å². The molecule has 0 spiro atoms. The Labute approximate surface area is 101 Å². The van der Waals surface area contributed by atoms with Crippen LogP contribution in [0.1, 0.15) is 27.2 Å². The Balaban J connectivity index is 2.44. The first kappa shape index (κ1) is 11.7. The highest BCUT2D eigenvalue weighted by atomic mass is 16.2. The summed E-state index contributed by atoms with van der Waals surface area (Å²) in [5, 5.41) is 0. The fourth-order valence-electron chi connectivity index (χ4n) is 2.10. The second kappa shape index (κ2) is 4.25. The lowest BCUT2D eigenvalue weighted by Gasteiger charge is -2.27. The molecule has 1 atom stereocenters. The van der Waals surface area contributed by atoms with Gasteiger partial charge in [0.15, 0.2) is 0 Å². The van der Waals surface area contributed by atoms with Crippen molar-refractivity contribution >= 4 is 12.4 Å². The van der Waals surface area contributed by atoms with Gasteiger partial charge in [-0.3, -0.25) is 0 Å². The molecule has 0 saturated carbocycles. The van der Waals surface area contributed by atoms with Crippen LogP contribution in [0.2, 0.25) is 0 Å². The molecule has 1 amide bonds. The van der Waals surface area contributed by atoms with Gasteiger partial charge in [-0.1, -0.05) is 6.92 Å². The van der Waals surface area contributed by atoms with Crippen LogP contribution in [0.25, 0.3) is 0 Å². The van der Waals surface area contributed by atoms with E-state index in [1.807, 2.05) is 13.8 Å². The summed E-state index contributed by atoms with van der Waals surface area (Å²) in [6.45, 7) is 6.69. The molecule has 5 heteroatoms. The molecule has 0 N–H and O–H groups in total. The van der Waals surface area contributed by atoms with Crippen molar-refractivity contribution in [1.82, 2.24) is 9.55 Å². The number of quaternary nitrogens is 1. The van der Waals surface area contributed by atoms with Crippen LogP contribution in [0.4, 0.5) is 4.79 Å². The van der Waals surface area contributed by atoms with Gasteiger partial charge in [0.1, 0.15) is 12.0 Å². The van der Waals surface area contributed by atoms with Crippen molar-refractivity contribution in [3.63, 3.8) is 0 Å². The number of rotatable bonds is 2. The lowest BCUT2D eigenvalue weighted by molar-refractivity contribution is -0.707. The Kier molecular flexibility index (Phi) is 2.93. The van der Waals surface area contributed by atoms with Crippen LogP contribution in [0.5, 0.6) is 0 Å². The topological polar surface area (TPSA) is 47.2 Å². The minimum Gasteiger partial charge on any atom is -0.245 e. The maximum absolute atomic E-state index is 12.5. The average molecular weight is 233 g/mol. The van der Waals surface area contributed by atoms with Crippen molar-refractivity contribution in [2.75, 3.05) is 6.54 Å². The van der Waals surface area contributed by atoms with E-state index in [0.717, 1.165) is 24.4 Å². The SMILES string of the molecule is CCC[N+]1(C(=O)n2ccnc2)C=NC(C)=C1C. The van der Waals surface area contributed by atoms with Crippen LogP contribution in [0.15, 0.2) is 35.1 Å². The van der Waals surface area contributed by atoms with Gasteiger partial charge in [-0.05, 0) is 13.3 Å². The first-order valence-corrected chi connectivity index (χ1v) is 5.75. The van der Waals surface area contributed by atoms with E-state index in [4.69, 9.17) is 0 Å². The predicted molar refractivity (Wildman–Crippen MR) is 65.3 cm³/mol. The fourth-order valence-corrected chi connectivity index (χ4v) is 2.10. The van der Waals surface area contributed by atoms with Crippen LogP contribution in [0.3, 0.4) is 0 Å². The third-order valence-corrected chi connectivity index (χ3v) is 3.21. The number of allylic oxidation sites excluding steroid dienone is 2. The normalized spacial score (nSPS) is 23.5. The lowest BCUT2D eigenvalue weighted by Crippen LogP contribution is -2.51. The van der Waals surface area contributed by atoms with Crippen molar-refractivity contribution in [1.29, 1.82) is 0 Å². The zero-order chi connectivity index (χ0) is 12.5. The van der Waals surface area contributed by atoms with Gasteiger partial charge < -0.3 is 0 Å². The first-order chi connectivity index (χ1) is 8.12. The maximum atomic E-state index is 12.5. The number of nitrogens with zero attached hydrogens (tertiary/aromatic N) is 4. The van der Waals surface area contributed by atoms with Crippen LogP contribution < -0.4 is 0 Å². The lowest BCUT2D eigenvalue weighted by atomic mass is 10.3. The van der Waals surface area contributed by atoms with E-state index in [-0.39, 0.29) is 10.5 Å². The summed E-state index contributed by atoms with van der Waals surface area (Å²) < 4.78 is 1.70. The number of carbonyl (C=O) groups excluding carboxylic acids is 1. The zero-order valence-electron chi connectivity index (χ0n) is 10.4. The number of aromatic nitrogens is 2. The average Bonchev–Trinajstić information content (AvgIpc) is 2.93. The monoisotopic (exact) mass is 233 g/mol. The number of hydrogen-bond acceptors (Lipinski definition) is 3. The van der Waals surface area contributed by atoms with Crippen molar-refractivity contribution in [3.8, 4) is 0 Å². The van der Waals surface area contributed by atoms with Crippen LogP contribution >= 0.6 is 0 Å². The van der Waals surface area contributed by atoms with Gasteiger partial charge in [0.25, 0.3) is 0 Å². The number of amides is 1. The second-order valence-corrected chi connectivity index (χ2v) is 4.26. The van der Waals surface area contributed by atoms with Gasteiger partial charge in [-0.15, -0.1) is 0 Å². The van der Waals surface area contributed by atoms with E-state index < -0.39 is 0 Å². The molecule has 5 nitrogen and oxygen atoms in total. The van der Waals surface area contributed by atoms with E-state index in [9.17, 15) is 4.79 Å². The molecule has 0 aliphatic carbocycles. The highest BCUT2D eigenvalue weighted by molar-refractivity contribution is 5.80. The molecular weight excluding hydrogens is 216 g/mol. The van der Waals surface area contributed by atoms with Gasteiger partial charge >= 0.3 is 6.03 Å². The molecule has 1 aromatic heterocycles. The van der Waals surface area contributed by atoms with Gasteiger partial charge in [0.05, 0.1) is 12.2 Å². The van der Waals surface area contributed by atoms with Crippen LogP contribution in [-0.2, 0) is 0 Å². The van der Waals surface area contributed by atoms with Crippen molar-refractivity contribution < 1.29 is 9.28 Å². The summed E-state index contributed by atoms with van der Waals surface area (Å²) in [4.78, 5) is 20.8. The summed E-state index contributed by atoms with van der Waals surface area (Å²) in [5.74, 6) is 0. The largest absolute Gasteiger partial charge is 0.439 e. The van der Waals surface area contributed by atoms with E-state index in [1.54, 1.807) is 18.7 Å². The third kappa shape index (κ3) is 1.72. The predicted octanol–water partition coefficient (Wildman–Crippen LogP) is 2.37. The summed E-state index contributed by atoms with van der Waals surface area (Å²) in [5.41, 5.74) is 1.91. The molecule has 1 aliphatic rings. The molecule has 0 fully saturated rings. The zero-order valence-corrected chi connectivity index (χ0v) is 10.4. The summed E-state index contributed by atoms with van der Waals surface area (Å²) in [6, 6.07) is -0.0255. The third-order valence-electron chi connectivity index (χ3n) is 3.21. The van der Waals surface area contributed by atoms with Gasteiger partial charge in [0.2, 0.25) is 6.34 Å². The van der Waals surface area contributed by atoms with Crippen molar-refractivity contribution in [3.05, 3.63) is 30.1 Å². The van der Waals surface area contributed by atoms with Gasteiger partial charge in [0, 0.05) is 19.3 Å². The van der Waals surface area contributed by atoms with Gasteiger partial charge in [-0.25, -0.2) is 19.3 Å². The number of aliphatic imine (C=N–C) groups is 1. The Morgan fingerprint density at radius 1 is 1.47 bits per heavy atom. The Morgan fingerprint density at radius 2 is 2.24 bits per heavy atom. The molecule has 2 heterocycles. The standard InChI is InChI=1S/C12H17N4O/c1-4-7-16(9-14-10(2)11(16)3)12(17)15-6-5-13-8-15/h5-6,8-9H,4,7H2,1-3H3/q+1. The molecular formula is C12H17N4O+. The molecule has 0 aromatic carbocycles. The minimum atomic E-state index is -0.0255. The van der Waals surface area contributed by atoms with Crippen LogP contribution in [0, 0.1) is 0 Å². The molecule has 1 aromatic rings. The molecule has 1 unspecified atom stereocenters. The van der Waals surface area contributed by atoms with E-state index in [0.29, 0.717) is 0 Å². The molecule has 0 bridgehead atoms. The summed E-state index contributed by atoms with van der Waals surface area (Å²) >= 11 is 0. The first-order valence-electron chi connectivity index (χ1n) is 5.75. The Bertz CT molecular complexity index is 487. The highest BCUT2D eigenvalue weighted by Crippen LogP contribution is 2.27. The maximum Gasteiger partial charge on any atom is 0.439 e. The number of imidazole rings is 1. The molecule has 0 saturated heterocycles. The Morgan fingerprint density at radius 3 is 2.71 bits per heavy atom. The smallest absolute Gasteiger partial charge is 0.245 e. The van der Waals surface area contributed by atoms with Gasteiger partial charge in [-0.2, -0.15) is 4.48 Å². The number of carbonyl (C=O) groups is 1. The summed E-state index contributed by atoms with van der Waals surface area (Å²) in [6.07, 6.45) is 7.46. The van der Waals surface area contributed by atoms with E-state index >= 15 is 0 Å². The van der Waals surface area contributed by atoms with E-state index in [1.165, 1.54) is 10.9 Å². The molecule has 0 radical (unpaired) electrons.